The summed E-state index contributed by atoms with van der Waals surface area (Å²) in [7, 11) is 0. The molecular formula is C17H12F2N4OS. The van der Waals surface area contributed by atoms with Crippen LogP contribution in [0.4, 0.5) is 14.6 Å². The van der Waals surface area contributed by atoms with Gasteiger partial charge in [0, 0.05) is 29.6 Å². The van der Waals surface area contributed by atoms with Crippen molar-refractivity contribution in [1.29, 1.82) is 5.26 Å². The molecule has 0 spiro atoms. The fourth-order valence-electron chi connectivity index (χ4n) is 3.20. The van der Waals surface area contributed by atoms with Crippen LogP contribution in [-0.2, 0) is 0 Å². The summed E-state index contributed by atoms with van der Waals surface area (Å²) in [5.41, 5.74) is 0.719. The van der Waals surface area contributed by atoms with Gasteiger partial charge in [0.05, 0.1) is 12.2 Å². The molecular weight excluding hydrogens is 346 g/mol. The van der Waals surface area contributed by atoms with Crippen LogP contribution in [0.3, 0.4) is 0 Å². The number of benzene rings is 1. The highest BCUT2D eigenvalue weighted by Crippen LogP contribution is 2.55. The summed E-state index contributed by atoms with van der Waals surface area (Å²) in [5, 5.41) is 15.1. The largest absolute Gasteiger partial charge is 0.490 e. The van der Waals surface area contributed by atoms with Gasteiger partial charge in [-0.15, -0.1) is 0 Å². The van der Waals surface area contributed by atoms with Gasteiger partial charge in [0.1, 0.15) is 17.7 Å². The first-order valence-electron chi connectivity index (χ1n) is 7.63. The Labute approximate surface area is 147 Å². The van der Waals surface area contributed by atoms with Gasteiger partial charge < -0.3 is 15.4 Å². The summed E-state index contributed by atoms with van der Waals surface area (Å²) < 4.78 is 33.3. The Kier molecular flexibility index (Phi) is 3.73. The van der Waals surface area contributed by atoms with E-state index in [0.29, 0.717) is 23.1 Å². The maximum Gasteiger partial charge on any atom is 0.172 e. The molecule has 0 bridgehead atoms. The summed E-state index contributed by atoms with van der Waals surface area (Å²) in [6, 6.07) is 7.31. The Morgan fingerprint density at radius 2 is 2.08 bits per heavy atom. The van der Waals surface area contributed by atoms with E-state index >= 15 is 0 Å². The lowest BCUT2D eigenvalue weighted by Crippen LogP contribution is -2.32. The first-order chi connectivity index (χ1) is 12.1. The molecule has 1 fully saturated rings. The molecule has 1 saturated carbocycles. The van der Waals surface area contributed by atoms with Gasteiger partial charge in [0.25, 0.3) is 0 Å². The van der Waals surface area contributed by atoms with Crippen molar-refractivity contribution >= 4 is 23.1 Å². The minimum atomic E-state index is -0.553. The van der Waals surface area contributed by atoms with E-state index in [4.69, 9.17) is 22.2 Å². The zero-order chi connectivity index (χ0) is 17.6. The fraction of sp³-hybridized carbons (Fsp3) is 0.235. The molecule has 126 valence electrons. The highest BCUT2D eigenvalue weighted by Gasteiger charge is 2.57. The van der Waals surface area contributed by atoms with Crippen molar-refractivity contribution in [3.8, 4) is 11.8 Å². The molecule has 1 aliphatic carbocycles. The van der Waals surface area contributed by atoms with Crippen LogP contribution >= 0.6 is 12.2 Å². The van der Waals surface area contributed by atoms with E-state index in [-0.39, 0.29) is 29.2 Å². The Morgan fingerprint density at radius 3 is 2.80 bits per heavy atom. The minimum absolute atomic E-state index is 0.00168. The quantitative estimate of drug-likeness (QED) is 0.805. The number of nitriles is 1. The second-order valence-corrected chi connectivity index (χ2v) is 6.35. The van der Waals surface area contributed by atoms with Crippen molar-refractivity contribution in [1.82, 2.24) is 10.3 Å². The molecule has 1 aromatic carbocycles. The second kappa shape index (κ2) is 5.93. The van der Waals surface area contributed by atoms with Crippen LogP contribution in [0.1, 0.15) is 17.0 Å². The lowest BCUT2D eigenvalue weighted by Gasteiger charge is -2.16. The molecule has 2 heterocycles. The molecule has 3 atom stereocenters. The van der Waals surface area contributed by atoms with E-state index in [0.717, 1.165) is 12.1 Å². The van der Waals surface area contributed by atoms with Crippen LogP contribution in [0.15, 0.2) is 30.5 Å². The number of fused-ring (bicyclic) bond motifs is 3. The van der Waals surface area contributed by atoms with Crippen LogP contribution in [0.2, 0.25) is 0 Å². The molecule has 0 amide bonds. The first-order valence-corrected chi connectivity index (χ1v) is 8.03. The Balaban J connectivity index is 1.45. The lowest BCUT2D eigenvalue weighted by atomic mass is 10.0. The van der Waals surface area contributed by atoms with Gasteiger partial charge in [-0.3, -0.25) is 0 Å². The molecule has 0 radical (unpaired) electrons. The number of ether oxygens (including phenoxy) is 1. The van der Waals surface area contributed by atoms with E-state index in [2.05, 4.69) is 15.6 Å². The number of pyridine rings is 1. The minimum Gasteiger partial charge on any atom is -0.490 e. The Hall–Kier alpha value is -2.79. The van der Waals surface area contributed by atoms with Gasteiger partial charge in [0.2, 0.25) is 0 Å². The molecule has 8 heteroatoms. The molecule has 1 aliphatic heterocycles. The van der Waals surface area contributed by atoms with Crippen LogP contribution in [-0.4, -0.2) is 22.7 Å². The average Bonchev–Trinajstić information content (AvgIpc) is 3.31. The molecule has 4 rings (SSSR count). The van der Waals surface area contributed by atoms with Crippen LogP contribution in [0.5, 0.6) is 5.75 Å². The second-order valence-electron chi connectivity index (χ2n) is 5.94. The number of thiocarbonyl (C=S) groups is 1. The summed E-state index contributed by atoms with van der Waals surface area (Å²) in [6.07, 6.45) is 1.43. The lowest BCUT2D eigenvalue weighted by molar-refractivity contribution is 0.260. The summed E-state index contributed by atoms with van der Waals surface area (Å²) in [6.45, 7) is 0.313. The molecule has 2 N–H and O–H groups in total. The highest BCUT2D eigenvalue weighted by molar-refractivity contribution is 7.80. The number of hydrogen-bond acceptors (Lipinski definition) is 4. The summed E-state index contributed by atoms with van der Waals surface area (Å²) in [4.78, 5) is 4.07. The van der Waals surface area contributed by atoms with Gasteiger partial charge in [-0.1, -0.05) is 0 Å². The third-order valence-corrected chi connectivity index (χ3v) is 4.67. The average molecular weight is 358 g/mol. The predicted molar refractivity (Wildman–Crippen MR) is 90.2 cm³/mol. The normalized spacial score (nSPS) is 22.7. The monoisotopic (exact) mass is 358 g/mol. The van der Waals surface area contributed by atoms with Crippen molar-refractivity contribution in [2.45, 2.75) is 12.0 Å². The third-order valence-electron chi connectivity index (χ3n) is 4.45. The van der Waals surface area contributed by atoms with Gasteiger partial charge in [0.15, 0.2) is 16.7 Å². The van der Waals surface area contributed by atoms with Crippen molar-refractivity contribution in [3.05, 3.63) is 53.2 Å². The summed E-state index contributed by atoms with van der Waals surface area (Å²) >= 11 is 5.26. The van der Waals surface area contributed by atoms with Crippen LogP contribution in [0, 0.1) is 28.9 Å². The van der Waals surface area contributed by atoms with Gasteiger partial charge in [-0.05, 0) is 36.5 Å². The smallest absolute Gasteiger partial charge is 0.172 e. The number of nitrogens with one attached hydrogen (secondary N) is 2. The zero-order valence-electron chi connectivity index (χ0n) is 12.8. The van der Waals surface area contributed by atoms with E-state index in [1.54, 1.807) is 12.1 Å². The van der Waals surface area contributed by atoms with Crippen molar-refractivity contribution in [3.63, 3.8) is 0 Å². The van der Waals surface area contributed by atoms with Crippen molar-refractivity contribution in [2.75, 3.05) is 11.9 Å². The zero-order valence-corrected chi connectivity index (χ0v) is 13.6. The van der Waals surface area contributed by atoms with E-state index in [1.807, 2.05) is 6.07 Å². The Bertz CT molecular complexity index is 897. The van der Waals surface area contributed by atoms with Gasteiger partial charge in [-0.2, -0.15) is 5.26 Å². The molecule has 2 aliphatic rings. The maximum atomic E-state index is 14.1. The number of rotatable bonds is 2. The third kappa shape index (κ3) is 2.76. The predicted octanol–water partition coefficient (Wildman–Crippen LogP) is 2.69. The standard InChI is InChI=1S/C17H12F2N4OS/c18-10-2-3-11(19)16-14(10)13-9(7-24-16)15(13)23-17(25)22-12-4-1-8(5-20)6-21-12/h1-4,6,9,13,15H,7H2,(H2,21,22,23,25)/t9-,13-,15-/m1/s1. The van der Waals surface area contributed by atoms with Crippen LogP contribution < -0.4 is 15.4 Å². The molecule has 25 heavy (non-hydrogen) atoms. The molecule has 0 saturated heterocycles. The topological polar surface area (TPSA) is 70.0 Å². The van der Waals surface area contributed by atoms with Crippen molar-refractivity contribution in [2.24, 2.45) is 5.92 Å². The highest BCUT2D eigenvalue weighted by atomic mass is 32.1. The molecule has 1 aromatic heterocycles. The molecule has 2 aromatic rings. The maximum absolute atomic E-state index is 14.1. The first kappa shape index (κ1) is 15.7. The Morgan fingerprint density at radius 1 is 1.28 bits per heavy atom. The molecule has 5 nitrogen and oxygen atoms in total. The number of aromatic nitrogens is 1. The van der Waals surface area contributed by atoms with E-state index in [9.17, 15) is 8.78 Å². The van der Waals surface area contributed by atoms with E-state index < -0.39 is 11.6 Å². The fourth-order valence-corrected chi connectivity index (χ4v) is 3.44. The summed E-state index contributed by atoms with van der Waals surface area (Å²) in [5.74, 6) is -0.663. The number of hydrogen-bond donors (Lipinski definition) is 2. The van der Waals surface area contributed by atoms with Crippen molar-refractivity contribution < 1.29 is 13.5 Å². The van der Waals surface area contributed by atoms with E-state index in [1.165, 1.54) is 6.20 Å². The van der Waals surface area contributed by atoms with Gasteiger partial charge >= 0.3 is 0 Å². The number of nitrogens with zero attached hydrogens (tertiary/aromatic N) is 2. The SMILES string of the molecule is N#Cc1ccc(NC(=S)N[C@@H]2[C@@H]3COc4c(F)ccc(F)c4[C@@H]32)nc1. The number of anilines is 1. The molecule has 0 unspecified atom stereocenters. The number of halogens is 2. The van der Waals surface area contributed by atoms with Crippen LogP contribution in [0.25, 0.3) is 0 Å². The van der Waals surface area contributed by atoms with Gasteiger partial charge in [-0.25, -0.2) is 13.8 Å².